The molecular weight excluding hydrogens is 498 g/mol. The van der Waals surface area contributed by atoms with E-state index in [4.69, 9.17) is 37.4 Å². The molecule has 180 valence electrons. The van der Waals surface area contributed by atoms with Crippen LogP contribution in [0.2, 0.25) is 10.0 Å². The van der Waals surface area contributed by atoms with E-state index in [0.29, 0.717) is 11.3 Å². The Hall–Kier alpha value is -2.82. The summed E-state index contributed by atoms with van der Waals surface area (Å²) in [5.74, 6) is -1.80. The lowest BCUT2D eigenvalue weighted by atomic mass is 9.99. The van der Waals surface area contributed by atoms with Crippen LogP contribution in [-0.4, -0.2) is 34.5 Å². The lowest BCUT2D eigenvalue weighted by molar-refractivity contribution is -0.147. The molecule has 0 unspecified atom stereocenters. The number of nitrogens with zero attached hydrogens (tertiary/aromatic N) is 3. The van der Waals surface area contributed by atoms with Gasteiger partial charge in [0.25, 0.3) is 0 Å². The van der Waals surface area contributed by atoms with Crippen molar-refractivity contribution in [1.29, 1.82) is 0 Å². The molecule has 1 aliphatic rings. The largest absolute Gasteiger partial charge is 0.495 e. The third-order valence-corrected chi connectivity index (χ3v) is 5.84. The Kier molecular flexibility index (Phi) is 6.75. The van der Waals surface area contributed by atoms with Crippen molar-refractivity contribution in [3.63, 3.8) is 0 Å². The highest BCUT2D eigenvalue weighted by Crippen LogP contribution is 2.46. The van der Waals surface area contributed by atoms with Gasteiger partial charge >= 0.3 is 12.1 Å². The van der Waals surface area contributed by atoms with Gasteiger partial charge in [-0.05, 0) is 31.2 Å². The van der Waals surface area contributed by atoms with E-state index in [1.165, 1.54) is 25.3 Å². The summed E-state index contributed by atoms with van der Waals surface area (Å²) in [6, 6.07) is 9.29. The van der Waals surface area contributed by atoms with Crippen molar-refractivity contribution in [2.45, 2.75) is 31.7 Å². The minimum absolute atomic E-state index is 0.0898. The van der Waals surface area contributed by atoms with Gasteiger partial charge < -0.3 is 14.2 Å². The van der Waals surface area contributed by atoms with Gasteiger partial charge in [0.2, 0.25) is 5.82 Å². The summed E-state index contributed by atoms with van der Waals surface area (Å²) in [7, 11) is 1.43. The Bertz CT molecular complexity index is 1230. The molecule has 0 radical (unpaired) electrons. The van der Waals surface area contributed by atoms with Crippen LogP contribution in [0, 0.1) is 0 Å². The predicted molar refractivity (Wildman–Crippen MR) is 116 cm³/mol. The van der Waals surface area contributed by atoms with Gasteiger partial charge in [0, 0.05) is 16.1 Å². The maximum absolute atomic E-state index is 13.9. The second-order valence-corrected chi connectivity index (χ2v) is 8.11. The van der Waals surface area contributed by atoms with Gasteiger partial charge in [-0.15, -0.1) is 10.2 Å². The van der Waals surface area contributed by atoms with Gasteiger partial charge in [-0.1, -0.05) is 35.3 Å². The molecule has 34 heavy (non-hydrogen) atoms. The molecule has 2 heterocycles. The van der Waals surface area contributed by atoms with Crippen LogP contribution >= 0.6 is 23.2 Å². The zero-order chi connectivity index (χ0) is 24.6. The topological polar surface area (TPSA) is 75.5 Å². The van der Waals surface area contributed by atoms with Crippen LogP contribution in [0.25, 0.3) is 5.69 Å². The quantitative estimate of drug-likeness (QED) is 0.404. The molecule has 0 aliphatic carbocycles. The van der Waals surface area contributed by atoms with Crippen LogP contribution < -0.4 is 4.74 Å². The number of esters is 1. The Labute approximate surface area is 202 Å². The van der Waals surface area contributed by atoms with Crippen molar-refractivity contribution in [2.24, 2.45) is 0 Å². The highest BCUT2D eigenvalue weighted by atomic mass is 35.5. The van der Waals surface area contributed by atoms with E-state index in [9.17, 15) is 18.0 Å². The van der Waals surface area contributed by atoms with Gasteiger partial charge in [0.05, 0.1) is 30.8 Å². The number of benzene rings is 2. The van der Waals surface area contributed by atoms with Crippen molar-refractivity contribution in [1.82, 2.24) is 14.8 Å². The molecule has 1 aromatic heterocycles. The molecule has 3 aromatic rings. The molecule has 0 saturated heterocycles. The van der Waals surface area contributed by atoms with Gasteiger partial charge in [-0.3, -0.25) is 9.36 Å². The normalized spacial score (nSPS) is 17.5. The first-order valence-electron chi connectivity index (χ1n) is 10.1. The lowest BCUT2D eigenvalue weighted by Crippen LogP contribution is -2.18. The number of carbonyl (C=O) groups is 1. The highest BCUT2D eigenvalue weighted by Gasteiger charge is 2.43. The maximum atomic E-state index is 13.9. The van der Waals surface area contributed by atoms with E-state index in [1.54, 1.807) is 25.1 Å². The van der Waals surface area contributed by atoms with Crippen LogP contribution in [0.3, 0.4) is 0 Å². The molecule has 0 bridgehead atoms. The van der Waals surface area contributed by atoms with E-state index < -0.39 is 36.6 Å². The van der Waals surface area contributed by atoms with Crippen molar-refractivity contribution in [3.8, 4) is 11.4 Å². The summed E-state index contributed by atoms with van der Waals surface area (Å²) in [5, 5.41) is 7.57. The summed E-state index contributed by atoms with van der Waals surface area (Å²) in [5.41, 5.74) is 0.776. The van der Waals surface area contributed by atoms with Gasteiger partial charge in [0.15, 0.2) is 5.82 Å². The number of aromatic nitrogens is 3. The van der Waals surface area contributed by atoms with Crippen LogP contribution in [0.5, 0.6) is 5.75 Å². The summed E-state index contributed by atoms with van der Waals surface area (Å²) >= 11 is 12.8. The minimum Gasteiger partial charge on any atom is -0.495 e. The van der Waals surface area contributed by atoms with Crippen molar-refractivity contribution in [3.05, 3.63) is 69.2 Å². The van der Waals surface area contributed by atoms with Gasteiger partial charge in [0.1, 0.15) is 18.0 Å². The number of hydrogen-bond donors (Lipinski definition) is 0. The van der Waals surface area contributed by atoms with E-state index in [-0.39, 0.29) is 33.7 Å². The van der Waals surface area contributed by atoms with Crippen molar-refractivity contribution < 1.29 is 32.2 Å². The summed E-state index contributed by atoms with van der Waals surface area (Å²) in [6.45, 7) is 1.71. The lowest BCUT2D eigenvalue weighted by Gasteiger charge is -2.24. The fourth-order valence-corrected chi connectivity index (χ4v) is 4.29. The Morgan fingerprint density at radius 2 is 1.94 bits per heavy atom. The monoisotopic (exact) mass is 515 g/mol. The number of fused-ring (bicyclic) bond motifs is 3. The van der Waals surface area contributed by atoms with Crippen LogP contribution in [-0.2, 0) is 20.4 Å². The van der Waals surface area contributed by atoms with Gasteiger partial charge in [-0.2, -0.15) is 13.2 Å². The van der Waals surface area contributed by atoms with Crippen molar-refractivity contribution in [2.75, 3.05) is 13.7 Å². The molecule has 0 spiro atoms. The number of carbonyl (C=O) groups excluding carboxylic acids is 1. The van der Waals surface area contributed by atoms with Crippen molar-refractivity contribution >= 4 is 29.2 Å². The Balaban J connectivity index is 1.98. The van der Waals surface area contributed by atoms with Crippen LogP contribution in [0.15, 0.2) is 36.4 Å². The summed E-state index contributed by atoms with van der Waals surface area (Å²) < 4.78 is 59.0. The Morgan fingerprint density at radius 1 is 1.18 bits per heavy atom. The average Bonchev–Trinajstić information content (AvgIpc) is 3.18. The zero-order valence-corrected chi connectivity index (χ0v) is 19.4. The summed E-state index contributed by atoms with van der Waals surface area (Å²) in [4.78, 5) is 12.3. The molecule has 1 aliphatic heterocycles. The number of alkyl halides is 3. The first-order valence-corrected chi connectivity index (χ1v) is 10.9. The van der Waals surface area contributed by atoms with Crippen LogP contribution in [0.4, 0.5) is 13.2 Å². The van der Waals surface area contributed by atoms with Crippen LogP contribution in [0.1, 0.15) is 48.3 Å². The molecule has 0 saturated carbocycles. The standard InChI is InChI=1S/C22H18Cl2F3N3O4/c1-3-33-17(31)10-16-20-28-29-21(22(25,26)27)30(20)14-8-7-11(23)9-13(14)19(34-16)12-5-4-6-15(32-2)18(12)24/h4-9,16,19H,3,10H2,1-2H3/t16-,19-/m1/s1. The van der Waals surface area contributed by atoms with E-state index in [1.807, 2.05) is 0 Å². The number of halogens is 5. The molecule has 2 aromatic carbocycles. The fraction of sp³-hybridized carbons (Fsp3) is 0.318. The highest BCUT2D eigenvalue weighted by molar-refractivity contribution is 6.33. The zero-order valence-electron chi connectivity index (χ0n) is 17.9. The first kappa shape index (κ1) is 24.3. The minimum atomic E-state index is -4.83. The smallest absolute Gasteiger partial charge is 0.452 e. The molecule has 0 fully saturated rings. The molecule has 2 atom stereocenters. The molecule has 4 rings (SSSR count). The molecule has 0 N–H and O–H groups in total. The SMILES string of the molecule is CCOC(=O)C[C@H]1O[C@H](c2cccc(OC)c2Cl)c2cc(Cl)ccc2-n2c1nnc2C(F)(F)F. The molecule has 7 nitrogen and oxygen atoms in total. The third-order valence-electron chi connectivity index (χ3n) is 5.20. The fourth-order valence-electron chi connectivity index (χ4n) is 3.80. The number of rotatable bonds is 5. The molecular formula is C22H18Cl2F3N3O4. The maximum Gasteiger partial charge on any atom is 0.452 e. The average molecular weight is 516 g/mol. The second kappa shape index (κ2) is 9.44. The second-order valence-electron chi connectivity index (χ2n) is 7.30. The van der Waals surface area contributed by atoms with Gasteiger partial charge in [-0.25, -0.2) is 0 Å². The third kappa shape index (κ3) is 4.45. The van der Waals surface area contributed by atoms with E-state index >= 15 is 0 Å². The Morgan fingerprint density at radius 3 is 2.62 bits per heavy atom. The first-order chi connectivity index (χ1) is 16.2. The predicted octanol–water partition coefficient (Wildman–Crippen LogP) is 5.72. The van der Waals surface area contributed by atoms with E-state index in [0.717, 1.165) is 4.57 Å². The van der Waals surface area contributed by atoms with E-state index in [2.05, 4.69) is 10.2 Å². The number of methoxy groups -OCH3 is 1. The number of ether oxygens (including phenoxy) is 3. The molecule has 12 heteroatoms. The number of hydrogen-bond acceptors (Lipinski definition) is 6. The summed E-state index contributed by atoms with van der Waals surface area (Å²) in [6.07, 6.45) is -7.48. The molecule has 0 amide bonds.